The molecule has 0 saturated carbocycles. The number of amides is 4. The smallest absolute Gasteiger partial charge is 0.326 e. The van der Waals surface area contributed by atoms with Crippen molar-refractivity contribution in [2.45, 2.75) is 62.9 Å². The number of hydrogen-bond donors (Lipinski definition) is 7. The lowest BCUT2D eigenvalue weighted by molar-refractivity contribution is -0.143. The Balaban J connectivity index is 3.03. The Kier molecular flexibility index (Phi) is 13.5. The van der Waals surface area contributed by atoms with E-state index in [9.17, 15) is 34.2 Å². The fourth-order valence-electron chi connectivity index (χ4n) is 3.18. The average Bonchev–Trinajstić information content (AvgIpc) is 2.82. The van der Waals surface area contributed by atoms with Crippen molar-refractivity contribution in [2.24, 2.45) is 11.5 Å². The van der Waals surface area contributed by atoms with E-state index in [0.29, 0.717) is 11.3 Å². The number of aliphatic carboxylic acids is 1. The Morgan fingerprint density at radius 1 is 0.944 bits per heavy atom. The molecule has 9 N–H and O–H groups in total. The number of carbonyl (C=O) groups is 5. The maximum absolute atomic E-state index is 13.1. The highest BCUT2D eigenvalue weighted by Crippen LogP contribution is 2.07. The van der Waals surface area contributed by atoms with Gasteiger partial charge in [0.25, 0.3) is 0 Å². The lowest BCUT2D eigenvalue weighted by Gasteiger charge is -2.26. The number of thioether (sulfide) groups is 1. The summed E-state index contributed by atoms with van der Waals surface area (Å²) >= 11 is 1.41. The summed E-state index contributed by atoms with van der Waals surface area (Å²) in [5.74, 6) is -3.76. The van der Waals surface area contributed by atoms with Crippen molar-refractivity contribution in [3.8, 4) is 0 Å². The summed E-state index contributed by atoms with van der Waals surface area (Å²) in [6, 6.07) is 3.78. The molecule has 13 heteroatoms. The zero-order chi connectivity index (χ0) is 27.3. The topological polar surface area (TPSA) is 214 Å². The number of carboxylic acids is 1. The van der Waals surface area contributed by atoms with E-state index in [2.05, 4.69) is 16.0 Å². The van der Waals surface area contributed by atoms with Crippen LogP contribution in [0.2, 0.25) is 0 Å². The van der Waals surface area contributed by atoms with E-state index >= 15 is 0 Å². The van der Waals surface area contributed by atoms with Crippen LogP contribution in [0.1, 0.15) is 31.7 Å². The third-order valence-electron chi connectivity index (χ3n) is 5.24. The maximum Gasteiger partial charge on any atom is 0.326 e. The third kappa shape index (κ3) is 11.1. The summed E-state index contributed by atoms with van der Waals surface area (Å²) in [7, 11) is 0. The molecule has 0 aliphatic heterocycles. The highest BCUT2D eigenvalue weighted by atomic mass is 32.2. The van der Waals surface area contributed by atoms with Crippen molar-refractivity contribution < 1.29 is 34.2 Å². The van der Waals surface area contributed by atoms with Crippen LogP contribution in [-0.4, -0.2) is 82.1 Å². The second-order valence-electron chi connectivity index (χ2n) is 8.27. The van der Waals surface area contributed by atoms with E-state index in [0.717, 1.165) is 0 Å². The average molecular weight is 526 g/mol. The normalized spacial score (nSPS) is 15.0. The van der Waals surface area contributed by atoms with E-state index in [1.54, 1.807) is 36.6 Å². The van der Waals surface area contributed by atoms with Crippen LogP contribution in [0.4, 0.5) is 0 Å². The van der Waals surface area contributed by atoms with Crippen molar-refractivity contribution >= 4 is 41.4 Å². The molecule has 0 radical (unpaired) electrons. The molecule has 5 unspecified atom stereocenters. The molecule has 0 heterocycles. The molecule has 0 fully saturated rings. The minimum Gasteiger partial charge on any atom is -0.480 e. The summed E-state index contributed by atoms with van der Waals surface area (Å²) in [6.45, 7) is 1.27. The predicted molar refractivity (Wildman–Crippen MR) is 135 cm³/mol. The van der Waals surface area contributed by atoms with E-state index in [4.69, 9.17) is 11.5 Å². The lowest BCUT2D eigenvalue weighted by atomic mass is 10.0. The lowest BCUT2D eigenvalue weighted by Crippen LogP contribution is -2.60. The molecule has 1 aromatic carbocycles. The van der Waals surface area contributed by atoms with Crippen molar-refractivity contribution in [1.29, 1.82) is 0 Å². The van der Waals surface area contributed by atoms with E-state index in [-0.39, 0.29) is 25.7 Å². The molecule has 0 aromatic heterocycles. The van der Waals surface area contributed by atoms with Gasteiger partial charge in [-0.1, -0.05) is 30.3 Å². The van der Waals surface area contributed by atoms with Gasteiger partial charge < -0.3 is 37.6 Å². The van der Waals surface area contributed by atoms with Crippen LogP contribution in [0.3, 0.4) is 0 Å². The van der Waals surface area contributed by atoms with Gasteiger partial charge in [-0.3, -0.25) is 19.2 Å². The fourth-order valence-corrected chi connectivity index (χ4v) is 3.65. The Labute approximate surface area is 213 Å². The zero-order valence-corrected chi connectivity index (χ0v) is 21.1. The minimum atomic E-state index is -1.48. The molecule has 12 nitrogen and oxygen atoms in total. The van der Waals surface area contributed by atoms with Crippen molar-refractivity contribution in [3.63, 3.8) is 0 Å². The first-order valence-corrected chi connectivity index (χ1v) is 12.7. The van der Waals surface area contributed by atoms with Gasteiger partial charge in [-0.15, -0.1) is 0 Å². The largest absolute Gasteiger partial charge is 0.480 e. The Hall–Kier alpha value is -3.16. The molecular weight excluding hydrogens is 490 g/mol. The molecule has 0 spiro atoms. The number of benzene rings is 1. The van der Waals surface area contributed by atoms with Crippen LogP contribution in [0.15, 0.2) is 30.3 Å². The van der Waals surface area contributed by atoms with E-state index in [1.807, 2.05) is 0 Å². The van der Waals surface area contributed by atoms with Crippen LogP contribution in [0, 0.1) is 0 Å². The summed E-state index contributed by atoms with van der Waals surface area (Å²) in [5.41, 5.74) is 11.6. The number of carboxylic acid groups (broad SMARTS) is 1. The van der Waals surface area contributed by atoms with Gasteiger partial charge in [-0.25, -0.2) is 4.79 Å². The van der Waals surface area contributed by atoms with Gasteiger partial charge in [-0.2, -0.15) is 11.8 Å². The summed E-state index contributed by atoms with van der Waals surface area (Å²) < 4.78 is 0. The minimum absolute atomic E-state index is 0.0217. The van der Waals surface area contributed by atoms with Crippen molar-refractivity contribution in [2.75, 3.05) is 12.0 Å². The van der Waals surface area contributed by atoms with Gasteiger partial charge in [0.05, 0.1) is 12.1 Å². The fraction of sp³-hybridized carbons (Fsp3) is 0.522. The molecule has 5 atom stereocenters. The van der Waals surface area contributed by atoms with Crippen LogP contribution < -0.4 is 27.4 Å². The molecule has 1 rings (SSSR count). The first kappa shape index (κ1) is 30.9. The number of aliphatic hydroxyl groups excluding tert-OH is 1. The SMILES string of the molecule is CSCCC(NC(=O)C(NC(=O)C(Cc1ccccc1)NC(=O)C(N)CCC(N)=O)C(C)O)C(=O)O. The van der Waals surface area contributed by atoms with Crippen LogP contribution >= 0.6 is 11.8 Å². The molecule has 200 valence electrons. The van der Waals surface area contributed by atoms with Crippen LogP contribution in [0.5, 0.6) is 0 Å². The molecular formula is C23H35N5O7S. The van der Waals surface area contributed by atoms with Crippen LogP contribution in [-0.2, 0) is 30.4 Å². The first-order valence-electron chi connectivity index (χ1n) is 11.3. The molecule has 1 aromatic rings. The van der Waals surface area contributed by atoms with E-state index < -0.39 is 59.9 Å². The molecule has 36 heavy (non-hydrogen) atoms. The number of aliphatic hydroxyl groups is 1. The summed E-state index contributed by atoms with van der Waals surface area (Å²) in [6.07, 6.45) is 0.483. The number of carbonyl (C=O) groups excluding carboxylic acids is 4. The number of primary amides is 1. The Morgan fingerprint density at radius 2 is 1.56 bits per heavy atom. The Bertz CT molecular complexity index is 900. The predicted octanol–water partition coefficient (Wildman–Crippen LogP) is -1.51. The zero-order valence-electron chi connectivity index (χ0n) is 20.3. The quantitative estimate of drug-likeness (QED) is 0.133. The highest BCUT2D eigenvalue weighted by molar-refractivity contribution is 7.98. The number of nitrogens with two attached hydrogens (primary N) is 2. The standard InChI is InChI=1S/C23H35N5O7S/c1-13(29)19(22(33)26-16(23(34)35)10-11-36-2)28-21(32)17(12-14-6-4-3-5-7-14)27-20(31)15(24)8-9-18(25)30/h3-7,13,15-17,19,29H,8-12,24H2,1-2H3,(H2,25,30)(H,26,33)(H,27,31)(H,28,32)(H,34,35). The molecule has 0 aliphatic carbocycles. The van der Waals surface area contributed by atoms with Gasteiger partial charge in [0.15, 0.2) is 0 Å². The second-order valence-corrected chi connectivity index (χ2v) is 9.26. The van der Waals surface area contributed by atoms with Gasteiger partial charge in [-0.05, 0) is 37.3 Å². The van der Waals surface area contributed by atoms with Crippen molar-refractivity contribution in [3.05, 3.63) is 35.9 Å². The van der Waals surface area contributed by atoms with Gasteiger partial charge >= 0.3 is 5.97 Å². The van der Waals surface area contributed by atoms with Gasteiger partial charge in [0, 0.05) is 12.8 Å². The Morgan fingerprint density at radius 3 is 2.08 bits per heavy atom. The summed E-state index contributed by atoms with van der Waals surface area (Å²) in [5, 5.41) is 26.8. The molecule has 0 bridgehead atoms. The number of rotatable bonds is 16. The van der Waals surface area contributed by atoms with Crippen LogP contribution in [0.25, 0.3) is 0 Å². The maximum atomic E-state index is 13.1. The monoisotopic (exact) mass is 525 g/mol. The number of hydrogen-bond acceptors (Lipinski definition) is 8. The molecule has 0 saturated heterocycles. The van der Waals surface area contributed by atoms with Gasteiger partial charge in [0.2, 0.25) is 23.6 Å². The first-order chi connectivity index (χ1) is 17.0. The van der Waals surface area contributed by atoms with Crippen molar-refractivity contribution in [1.82, 2.24) is 16.0 Å². The molecule has 4 amide bonds. The summed E-state index contributed by atoms with van der Waals surface area (Å²) in [4.78, 5) is 60.9. The molecule has 0 aliphatic rings. The highest BCUT2D eigenvalue weighted by Gasteiger charge is 2.32. The second kappa shape index (κ2) is 15.8. The number of nitrogens with one attached hydrogen (secondary N) is 3. The van der Waals surface area contributed by atoms with Gasteiger partial charge in [0.1, 0.15) is 18.1 Å². The third-order valence-corrected chi connectivity index (χ3v) is 5.89. The van der Waals surface area contributed by atoms with E-state index in [1.165, 1.54) is 18.7 Å².